The number of hydrogen-bond donors (Lipinski definition) is 0. The summed E-state index contributed by atoms with van der Waals surface area (Å²) in [6, 6.07) is 8.27. The number of rotatable bonds is 8. The summed E-state index contributed by atoms with van der Waals surface area (Å²) in [7, 11) is 0. The molecule has 0 bridgehead atoms. The first-order chi connectivity index (χ1) is 9.79. The Balaban J connectivity index is 1.97. The first-order valence-electron chi connectivity index (χ1n) is 6.68. The third kappa shape index (κ3) is 5.04. The number of hydrogen-bond acceptors (Lipinski definition) is 3. The van der Waals surface area contributed by atoms with E-state index >= 15 is 0 Å². The molecule has 0 spiro atoms. The molecule has 2 aromatic heterocycles. The molecule has 2 nitrogen and oxygen atoms in total. The van der Waals surface area contributed by atoms with Crippen molar-refractivity contribution in [2.24, 2.45) is 0 Å². The van der Waals surface area contributed by atoms with Crippen LogP contribution in [0, 0.1) is 0 Å². The maximum absolute atomic E-state index is 12.4. The van der Waals surface area contributed by atoms with E-state index in [0.717, 1.165) is 31.3 Å². The van der Waals surface area contributed by atoms with Gasteiger partial charge in [0.1, 0.15) is 0 Å². The molecule has 5 heteroatoms. The molecule has 20 heavy (non-hydrogen) atoms. The second-order valence-corrected chi connectivity index (χ2v) is 7.41. The van der Waals surface area contributed by atoms with E-state index in [4.69, 9.17) is 0 Å². The van der Waals surface area contributed by atoms with Crippen LogP contribution in [0.2, 0.25) is 0 Å². The Bertz CT molecular complexity index is 460. The fourth-order valence-electron chi connectivity index (χ4n) is 1.94. The molecule has 0 radical (unpaired) electrons. The molecule has 2 rings (SSSR count). The lowest BCUT2D eigenvalue weighted by Gasteiger charge is -2.21. The summed E-state index contributed by atoms with van der Waals surface area (Å²) in [6.45, 7) is 1.45. The fourth-order valence-corrected chi connectivity index (χ4v) is 3.78. The van der Waals surface area contributed by atoms with Gasteiger partial charge in [-0.05, 0) is 35.7 Å². The van der Waals surface area contributed by atoms with Gasteiger partial charge in [-0.2, -0.15) is 0 Å². The molecule has 0 aliphatic heterocycles. The zero-order valence-corrected chi connectivity index (χ0v) is 14.5. The number of carbonyl (C=O) groups excluding carboxylic acids is 1. The van der Waals surface area contributed by atoms with E-state index in [2.05, 4.69) is 38.8 Å². The van der Waals surface area contributed by atoms with Crippen molar-refractivity contribution in [1.29, 1.82) is 0 Å². The van der Waals surface area contributed by atoms with Crippen molar-refractivity contribution in [2.75, 3.05) is 5.33 Å². The Morgan fingerprint density at radius 2 is 1.65 bits per heavy atom. The minimum atomic E-state index is 0.257. The van der Waals surface area contributed by atoms with Crippen molar-refractivity contribution in [3.05, 3.63) is 44.8 Å². The van der Waals surface area contributed by atoms with Crippen LogP contribution in [0.5, 0.6) is 0 Å². The van der Waals surface area contributed by atoms with Gasteiger partial charge in [-0.15, -0.1) is 22.7 Å². The molecule has 0 aliphatic rings. The molecule has 108 valence electrons. The third-order valence-corrected chi connectivity index (χ3v) is 5.26. The highest BCUT2D eigenvalue weighted by atomic mass is 79.9. The van der Waals surface area contributed by atoms with Crippen LogP contribution in [0.4, 0.5) is 0 Å². The lowest BCUT2D eigenvalue weighted by molar-refractivity contribution is -0.132. The third-order valence-electron chi connectivity index (χ3n) is 2.98. The van der Waals surface area contributed by atoms with Crippen molar-refractivity contribution < 1.29 is 4.79 Å². The van der Waals surface area contributed by atoms with E-state index in [1.807, 2.05) is 17.0 Å². The van der Waals surface area contributed by atoms with Gasteiger partial charge in [-0.1, -0.05) is 28.1 Å². The van der Waals surface area contributed by atoms with E-state index in [9.17, 15) is 4.79 Å². The first-order valence-corrected chi connectivity index (χ1v) is 9.56. The summed E-state index contributed by atoms with van der Waals surface area (Å²) in [5.74, 6) is 0.257. The highest BCUT2D eigenvalue weighted by Gasteiger charge is 2.15. The molecule has 0 saturated carbocycles. The van der Waals surface area contributed by atoms with Crippen LogP contribution in [-0.4, -0.2) is 16.1 Å². The maximum Gasteiger partial charge on any atom is 0.223 e. The number of unbranched alkanes of at least 4 members (excludes halogenated alkanes) is 1. The highest BCUT2D eigenvalue weighted by Crippen LogP contribution is 2.18. The molecule has 0 atom stereocenters. The molecule has 0 aromatic carbocycles. The molecule has 0 saturated heterocycles. The molecular formula is C15H18BrNOS2. The van der Waals surface area contributed by atoms with E-state index in [1.165, 1.54) is 9.75 Å². The summed E-state index contributed by atoms with van der Waals surface area (Å²) in [5, 5.41) is 5.10. The van der Waals surface area contributed by atoms with Crippen molar-refractivity contribution in [1.82, 2.24) is 4.90 Å². The van der Waals surface area contributed by atoms with Crippen LogP contribution in [0.15, 0.2) is 35.0 Å². The number of amides is 1. The summed E-state index contributed by atoms with van der Waals surface area (Å²) in [4.78, 5) is 16.9. The van der Waals surface area contributed by atoms with Crippen LogP contribution in [-0.2, 0) is 17.9 Å². The van der Waals surface area contributed by atoms with Gasteiger partial charge in [0.15, 0.2) is 0 Å². The predicted molar refractivity (Wildman–Crippen MR) is 90.5 cm³/mol. The van der Waals surface area contributed by atoms with E-state index in [-0.39, 0.29) is 5.91 Å². The quantitative estimate of drug-likeness (QED) is 0.477. The van der Waals surface area contributed by atoms with Gasteiger partial charge in [-0.25, -0.2) is 0 Å². The topological polar surface area (TPSA) is 20.3 Å². The van der Waals surface area contributed by atoms with Gasteiger partial charge < -0.3 is 4.90 Å². The normalized spacial score (nSPS) is 10.7. The molecule has 0 N–H and O–H groups in total. The minimum absolute atomic E-state index is 0.257. The van der Waals surface area contributed by atoms with E-state index < -0.39 is 0 Å². The van der Waals surface area contributed by atoms with Crippen LogP contribution in [0.3, 0.4) is 0 Å². The van der Waals surface area contributed by atoms with Crippen LogP contribution >= 0.6 is 38.6 Å². The molecular weight excluding hydrogens is 354 g/mol. The molecule has 1 amide bonds. The summed E-state index contributed by atoms with van der Waals surface area (Å²) in [6.07, 6.45) is 2.65. The van der Waals surface area contributed by atoms with Crippen LogP contribution in [0.25, 0.3) is 0 Å². The van der Waals surface area contributed by atoms with Crippen molar-refractivity contribution >= 4 is 44.5 Å². The molecule has 2 aromatic rings. The fraction of sp³-hybridized carbons (Fsp3) is 0.400. The number of thiophene rings is 2. The lowest BCUT2D eigenvalue weighted by Crippen LogP contribution is -2.29. The molecule has 0 fully saturated rings. The molecule has 0 unspecified atom stereocenters. The van der Waals surface area contributed by atoms with E-state index in [0.29, 0.717) is 6.42 Å². The van der Waals surface area contributed by atoms with Crippen molar-refractivity contribution in [2.45, 2.75) is 32.4 Å². The Morgan fingerprint density at radius 3 is 2.10 bits per heavy atom. The molecule has 2 heterocycles. The summed E-state index contributed by atoms with van der Waals surface area (Å²) in [5.41, 5.74) is 0. The standard InChI is InChI=1S/C15H18BrNOS2/c16-8-2-1-7-15(18)17(11-13-5-3-9-19-13)12-14-6-4-10-20-14/h3-6,9-10H,1-2,7-8,11-12H2. The van der Waals surface area contributed by atoms with Gasteiger partial charge in [0.05, 0.1) is 13.1 Å². The zero-order chi connectivity index (χ0) is 14.2. The number of alkyl halides is 1. The summed E-state index contributed by atoms with van der Waals surface area (Å²) < 4.78 is 0. The first kappa shape index (κ1) is 15.7. The Labute approximate surface area is 136 Å². The Hall–Kier alpha value is -0.650. The second-order valence-electron chi connectivity index (χ2n) is 4.55. The highest BCUT2D eigenvalue weighted by molar-refractivity contribution is 9.09. The maximum atomic E-state index is 12.4. The van der Waals surface area contributed by atoms with Gasteiger partial charge >= 0.3 is 0 Å². The van der Waals surface area contributed by atoms with Gasteiger partial charge in [0, 0.05) is 21.5 Å². The lowest BCUT2D eigenvalue weighted by atomic mass is 10.2. The Kier molecular flexibility index (Phi) is 6.76. The minimum Gasteiger partial charge on any atom is -0.332 e. The number of nitrogens with zero attached hydrogens (tertiary/aromatic N) is 1. The van der Waals surface area contributed by atoms with Gasteiger partial charge in [0.25, 0.3) is 0 Å². The van der Waals surface area contributed by atoms with E-state index in [1.54, 1.807) is 22.7 Å². The van der Waals surface area contributed by atoms with Crippen molar-refractivity contribution in [3.8, 4) is 0 Å². The van der Waals surface area contributed by atoms with Crippen molar-refractivity contribution in [3.63, 3.8) is 0 Å². The average molecular weight is 372 g/mol. The predicted octanol–water partition coefficient (Wildman–Crippen LogP) is 4.90. The monoisotopic (exact) mass is 371 g/mol. The molecule has 0 aliphatic carbocycles. The Morgan fingerprint density at radius 1 is 1.05 bits per heavy atom. The SMILES string of the molecule is O=C(CCCCBr)N(Cc1cccs1)Cc1cccs1. The number of carbonyl (C=O) groups is 1. The van der Waals surface area contributed by atoms with Crippen LogP contribution < -0.4 is 0 Å². The van der Waals surface area contributed by atoms with Gasteiger partial charge in [-0.3, -0.25) is 4.79 Å². The second kappa shape index (κ2) is 8.60. The van der Waals surface area contributed by atoms with Crippen LogP contribution in [0.1, 0.15) is 29.0 Å². The average Bonchev–Trinajstić information content (AvgIpc) is 3.11. The zero-order valence-electron chi connectivity index (χ0n) is 11.3. The van der Waals surface area contributed by atoms with Gasteiger partial charge in [0.2, 0.25) is 5.91 Å². The number of halogens is 1. The summed E-state index contributed by atoms with van der Waals surface area (Å²) >= 11 is 6.84. The largest absolute Gasteiger partial charge is 0.332 e. The smallest absolute Gasteiger partial charge is 0.223 e.